The highest BCUT2D eigenvalue weighted by atomic mass is 35.5. The Hall–Kier alpha value is -0.740. The Labute approximate surface area is 255 Å². The first-order valence-electron chi connectivity index (χ1n) is 15.4. The maximum atomic E-state index is 13.6. The molecule has 7 unspecified atom stereocenters. The lowest BCUT2D eigenvalue weighted by molar-refractivity contribution is -0.129. The number of rotatable bonds is 8. The third kappa shape index (κ3) is 10.7. The van der Waals surface area contributed by atoms with Crippen LogP contribution in [0.1, 0.15) is 92.9 Å². The molecule has 9 heteroatoms. The zero-order valence-electron chi connectivity index (χ0n) is 25.4. The second-order valence-corrected chi connectivity index (χ2v) is 14.4. The highest BCUT2D eigenvalue weighted by molar-refractivity contribution is 6.21. The van der Waals surface area contributed by atoms with Gasteiger partial charge in [0.05, 0.1) is 5.38 Å². The summed E-state index contributed by atoms with van der Waals surface area (Å²) < 4.78 is 0. The number of hydrogen-bond donors (Lipinski definition) is 3. The first kappa shape index (κ1) is 40.3. The average Bonchev–Trinajstić information content (AvgIpc) is 2.88. The minimum absolute atomic E-state index is 0. The summed E-state index contributed by atoms with van der Waals surface area (Å²) in [5, 5.41) is 17.4. The number of halogens is 1. The van der Waals surface area contributed by atoms with Crippen LogP contribution in [0.2, 0.25) is 0 Å². The molecule has 1 amide bonds. The van der Waals surface area contributed by atoms with E-state index in [1.54, 1.807) is 0 Å². The average molecular weight is 606 g/mol. The Morgan fingerprint density at radius 2 is 1.80 bits per heavy atom. The Bertz CT molecular complexity index is 776. The van der Waals surface area contributed by atoms with Crippen molar-refractivity contribution in [2.45, 2.75) is 110 Å². The van der Waals surface area contributed by atoms with Gasteiger partial charge in [-0.25, -0.2) is 0 Å². The molecule has 0 bridgehead atoms. The third-order valence-corrected chi connectivity index (χ3v) is 10.6. The van der Waals surface area contributed by atoms with Gasteiger partial charge in [0.15, 0.2) is 0 Å². The largest absolute Gasteiger partial charge is 0.412 e. The number of nitrogens with zero attached hydrogens (tertiary/aromatic N) is 1. The van der Waals surface area contributed by atoms with Gasteiger partial charge in [-0.15, -0.1) is 11.6 Å². The molecule has 244 valence electrons. The second kappa shape index (κ2) is 18.2. The summed E-state index contributed by atoms with van der Waals surface area (Å²) in [6.45, 7) is 13.8. The molecule has 8 atom stereocenters. The molecular formula is C32H64ClN3O5. The molecule has 0 aromatic rings. The van der Waals surface area contributed by atoms with Crippen LogP contribution in [0.25, 0.3) is 0 Å². The number of piperidine rings is 2. The van der Waals surface area contributed by atoms with Crippen molar-refractivity contribution in [1.82, 2.24) is 15.5 Å². The molecule has 9 N–H and O–H groups in total. The third-order valence-electron chi connectivity index (χ3n) is 10.2. The van der Waals surface area contributed by atoms with Gasteiger partial charge in [0, 0.05) is 37.7 Å². The van der Waals surface area contributed by atoms with E-state index in [0.29, 0.717) is 29.7 Å². The van der Waals surface area contributed by atoms with Crippen molar-refractivity contribution < 1.29 is 26.3 Å². The number of allylic oxidation sites excluding steroid dienone is 2. The SMILES string of the molecule is C.CC(C)[C@H](CN1CCC(C2C=CC(Cl)CC2)C(C)(C)C1)NC(=O)C1CC(CO)CC(C2CCCCN2)C1.O.O.O. The molecule has 0 spiro atoms. The number of amides is 1. The Morgan fingerprint density at radius 1 is 1.07 bits per heavy atom. The molecule has 2 aliphatic heterocycles. The maximum absolute atomic E-state index is 13.6. The fraction of sp³-hybridized carbons (Fsp3) is 0.906. The molecule has 4 rings (SSSR count). The number of carbonyl (C=O) groups is 1. The van der Waals surface area contributed by atoms with Crippen molar-refractivity contribution in [3.63, 3.8) is 0 Å². The molecule has 4 aliphatic rings. The van der Waals surface area contributed by atoms with E-state index in [2.05, 4.69) is 55.4 Å². The van der Waals surface area contributed by atoms with E-state index in [0.717, 1.165) is 51.9 Å². The van der Waals surface area contributed by atoms with Gasteiger partial charge in [-0.3, -0.25) is 4.79 Å². The number of aliphatic hydroxyl groups excluding tert-OH is 1. The number of carbonyl (C=O) groups excluding carboxylic acids is 1. The normalized spacial score (nSPS) is 34.2. The zero-order chi connectivity index (χ0) is 26.6. The van der Waals surface area contributed by atoms with Crippen LogP contribution in [0.5, 0.6) is 0 Å². The van der Waals surface area contributed by atoms with E-state index in [4.69, 9.17) is 11.6 Å². The summed E-state index contributed by atoms with van der Waals surface area (Å²) in [4.78, 5) is 16.2. The summed E-state index contributed by atoms with van der Waals surface area (Å²) in [5.74, 6) is 2.71. The Kier molecular flexibility index (Phi) is 17.8. The van der Waals surface area contributed by atoms with Crippen LogP contribution in [-0.2, 0) is 4.79 Å². The monoisotopic (exact) mass is 605 g/mol. The highest BCUT2D eigenvalue weighted by Crippen LogP contribution is 2.44. The summed E-state index contributed by atoms with van der Waals surface area (Å²) in [7, 11) is 0. The molecule has 2 aliphatic carbocycles. The van der Waals surface area contributed by atoms with Crippen LogP contribution in [0, 0.1) is 40.9 Å². The van der Waals surface area contributed by atoms with Crippen molar-refractivity contribution in [3.05, 3.63) is 12.2 Å². The van der Waals surface area contributed by atoms with Gasteiger partial charge in [0.25, 0.3) is 0 Å². The molecule has 2 heterocycles. The van der Waals surface area contributed by atoms with Crippen LogP contribution < -0.4 is 10.6 Å². The maximum Gasteiger partial charge on any atom is 0.223 e. The van der Waals surface area contributed by atoms with Crippen LogP contribution in [0.4, 0.5) is 0 Å². The van der Waals surface area contributed by atoms with E-state index >= 15 is 0 Å². The van der Waals surface area contributed by atoms with Gasteiger partial charge >= 0.3 is 0 Å². The quantitative estimate of drug-likeness (QED) is 0.286. The van der Waals surface area contributed by atoms with E-state index in [9.17, 15) is 9.90 Å². The molecule has 41 heavy (non-hydrogen) atoms. The number of alkyl halides is 1. The van der Waals surface area contributed by atoms with Crippen LogP contribution in [-0.4, -0.2) is 82.6 Å². The second-order valence-electron chi connectivity index (χ2n) is 13.9. The van der Waals surface area contributed by atoms with Crippen molar-refractivity contribution in [1.29, 1.82) is 0 Å². The van der Waals surface area contributed by atoms with Crippen molar-refractivity contribution in [2.75, 3.05) is 32.8 Å². The first-order chi connectivity index (χ1) is 17.7. The summed E-state index contributed by atoms with van der Waals surface area (Å²) in [6, 6.07) is 0.671. The summed E-state index contributed by atoms with van der Waals surface area (Å²) >= 11 is 6.32. The number of aliphatic hydroxyl groups is 1. The van der Waals surface area contributed by atoms with Gasteiger partial charge in [-0.05, 0) is 99.5 Å². The lowest BCUT2D eigenvalue weighted by Crippen LogP contribution is -2.54. The molecule has 0 radical (unpaired) electrons. The highest BCUT2D eigenvalue weighted by Gasteiger charge is 2.41. The standard InChI is InChI=1S/C31H54ClN3O2.CH4.3H2O/c1-21(2)29(18-35-14-12-27(31(3,4)20-35)23-8-10-26(32)11-9-23)34-30(37)25-16-22(19-36)15-24(17-25)28-7-5-6-13-33-28;;;;/h8,10,21-29,33,36H,5-7,9,11-20H2,1-4H3,(H,34,37);1H4;3*1H2/t22?,23?,24?,25?,26?,27?,28?,29-;;;;/m0..../s1. The number of likely N-dealkylation sites (tertiary alicyclic amines) is 1. The predicted octanol–water partition coefficient (Wildman–Crippen LogP) is 3.38. The van der Waals surface area contributed by atoms with Crippen LogP contribution in [0.3, 0.4) is 0 Å². The molecular weight excluding hydrogens is 542 g/mol. The van der Waals surface area contributed by atoms with Crippen molar-refractivity contribution in [3.8, 4) is 0 Å². The minimum Gasteiger partial charge on any atom is -0.412 e. The van der Waals surface area contributed by atoms with E-state index in [-0.39, 0.29) is 65.0 Å². The van der Waals surface area contributed by atoms with E-state index in [1.807, 2.05) is 0 Å². The van der Waals surface area contributed by atoms with E-state index < -0.39 is 0 Å². The fourth-order valence-corrected chi connectivity index (χ4v) is 8.25. The predicted molar refractivity (Wildman–Crippen MR) is 171 cm³/mol. The molecule has 0 aromatic carbocycles. The number of nitrogens with one attached hydrogen (secondary N) is 2. The summed E-state index contributed by atoms with van der Waals surface area (Å²) in [5.41, 5.74) is 0.246. The topological polar surface area (TPSA) is 159 Å². The fourth-order valence-electron chi connectivity index (χ4n) is 8.04. The first-order valence-corrected chi connectivity index (χ1v) is 15.8. The summed E-state index contributed by atoms with van der Waals surface area (Å²) in [6.07, 6.45) is 14.7. The van der Waals surface area contributed by atoms with Gasteiger partial charge in [-0.2, -0.15) is 0 Å². The molecule has 1 saturated carbocycles. The molecule has 8 nitrogen and oxygen atoms in total. The van der Waals surface area contributed by atoms with Crippen LogP contribution >= 0.6 is 11.6 Å². The molecule has 2 saturated heterocycles. The zero-order valence-corrected chi connectivity index (χ0v) is 26.2. The lowest BCUT2D eigenvalue weighted by Gasteiger charge is -2.48. The molecule has 3 fully saturated rings. The van der Waals surface area contributed by atoms with Crippen LogP contribution in [0.15, 0.2) is 12.2 Å². The molecule has 0 aromatic heterocycles. The Morgan fingerprint density at radius 3 is 2.37 bits per heavy atom. The smallest absolute Gasteiger partial charge is 0.223 e. The van der Waals surface area contributed by atoms with E-state index in [1.165, 1.54) is 32.1 Å². The van der Waals surface area contributed by atoms with Gasteiger partial charge in [0.1, 0.15) is 0 Å². The van der Waals surface area contributed by atoms with Crippen molar-refractivity contribution >= 4 is 17.5 Å². The Balaban J connectivity index is 0.00000400. The lowest BCUT2D eigenvalue weighted by atomic mass is 9.65. The van der Waals surface area contributed by atoms with Gasteiger partial charge < -0.3 is 37.1 Å². The van der Waals surface area contributed by atoms with Crippen molar-refractivity contribution in [2.24, 2.45) is 40.9 Å². The van der Waals surface area contributed by atoms with Gasteiger partial charge in [-0.1, -0.05) is 53.7 Å². The number of hydrogen-bond acceptors (Lipinski definition) is 4. The minimum atomic E-state index is 0. The van der Waals surface area contributed by atoms with Gasteiger partial charge in [0.2, 0.25) is 5.91 Å².